The molecule has 0 aromatic carbocycles. The largest absolute Gasteiger partial charge is 0.480 e. The zero-order valence-electron chi connectivity index (χ0n) is 10.3. The second kappa shape index (κ2) is 5.44. The Morgan fingerprint density at radius 1 is 1.56 bits per heavy atom. The molecule has 0 amide bonds. The van der Waals surface area contributed by atoms with E-state index in [1.54, 1.807) is 0 Å². The molecule has 2 atom stereocenters. The maximum absolute atomic E-state index is 12.0. The summed E-state index contributed by atoms with van der Waals surface area (Å²) in [6.07, 6.45) is -4.12. The SMILES string of the molecule is CC(CCCC(F)(F)F)N1CCC(N)(C(=O)O)C1. The van der Waals surface area contributed by atoms with E-state index >= 15 is 0 Å². The summed E-state index contributed by atoms with van der Waals surface area (Å²) < 4.78 is 36.0. The van der Waals surface area contributed by atoms with Crippen molar-refractivity contribution in [3.05, 3.63) is 0 Å². The summed E-state index contributed by atoms with van der Waals surface area (Å²) in [5.74, 6) is -1.05. The third-order valence-corrected chi connectivity index (χ3v) is 3.46. The molecule has 106 valence electrons. The number of hydrogen-bond donors (Lipinski definition) is 2. The first kappa shape index (κ1) is 15.2. The molecule has 1 saturated heterocycles. The van der Waals surface area contributed by atoms with Gasteiger partial charge in [-0.2, -0.15) is 13.2 Å². The Balaban J connectivity index is 2.36. The smallest absolute Gasteiger partial charge is 0.389 e. The van der Waals surface area contributed by atoms with Gasteiger partial charge in [-0.05, 0) is 26.2 Å². The van der Waals surface area contributed by atoms with Crippen LogP contribution < -0.4 is 5.73 Å². The van der Waals surface area contributed by atoms with Crippen LogP contribution in [-0.4, -0.2) is 46.8 Å². The van der Waals surface area contributed by atoms with E-state index < -0.39 is 24.1 Å². The van der Waals surface area contributed by atoms with Crippen molar-refractivity contribution in [3.63, 3.8) is 0 Å². The zero-order chi connectivity index (χ0) is 14.0. The molecule has 0 bridgehead atoms. The molecule has 0 saturated carbocycles. The van der Waals surface area contributed by atoms with E-state index in [0.29, 0.717) is 19.4 Å². The van der Waals surface area contributed by atoms with Crippen LogP contribution in [0.5, 0.6) is 0 Å². The third kappa shape index (κ3) is 4.13. The van der Waals surface area contributed by atoms with Crippen LogP contribution in [0, 0.1) is 0 Å². The van der Waals surface area contributed by atoms with Crippen LogP contribution >= 0.6 is 0 Å². The fourth-order valence-electron chi connectivity index (χ4n) is 2.19. The van der Waals surface area contributed by atoms with Gasteiger partial charge in [0.15, 0.2) is 0 Å². The van der Waals surface area contributed by atoms with Gasteiger partial charge in [-0.15, -0.1) is 0 Å². The van der Waals surface area contributed by atoms with Gasteiger partial charge in [0, 0.05) is 25.6 Å². The van der Waals surface area contributed by atoms with Gasteiger partial charge >= 0.3 is 12.1 Å². The predicted molar refractivity (Wildman–Crippen MR) is 60.1 cm³/mol. The molecule has 3 N–H and O–H groups in total. The summed E-state index contributed by atoms with van der Waals surface area (Å²) in [5, 5.41) is 8.95. The highest BCUT2D eigenvalue weighted by atomic mass is 19.4. The van der Waals surface area contributed by atoms with E-state index in [-0.39, 0.29) is 19.0 Å². The minimum atomic E-state index is -4.12. The Labute approximate surface area is 104 Å². The van der Waals surface area contributed by atoms with E-state index in [9.17, 15) is 18.0 Å². The molecular weight excluding hydrogens is 249 g/mol. The number of nitrogens with zero attached hydrogens (tertiary/aromatic N) is 1. The number of hydrogen-bond acceptors (Lipinski definition) is 3. The monoisotopic (exact) mass is 268 g/mol. The summed E-state index contributed by atoms with van der Waals surface area (Å²) >= 11 is 0. The lowest BCUT2D eigenvalue weighted by Crippen LogP contribution is -2.50. The topological polar surface area (TPSA) is 66.6 Å². The van der Waals surface area contributed by atoms with Gasteiger partial charge in [0.25, 0.3) is 0 Å². The predicted octanol–water partition coefficient (Wildman–Crippen LogP) is 1.60. The summed E-state index contributed by atoms with van der Waals surface area (Å²) in [5.41, 5.74) is 4.46. The summed E-state index contributed by atoms with van der Waals surface area (Å²) in [7, 11) is 0. The normalized spacial score (nSPS) is 27.4. The maximum atomic E-state index is 12.0. The Kier molecular flexibility index (Phi) is 4.61. The molecule has 1 aliphatic heterocycles. The zero-order valence-corrected chi connectivity index (χ0v) is 10.3. The minimum Gasteiger partial charge on any atom is -0.480 e. The van der Waals surface area contributed by atoms with Crippen molar-refractivity contribution in [2.75, 3.05) is 13.1 Å². The Morgan fingerprint density at radius 3 is 2.61 bits per heavy atom. The van der Waals surface area contributed by atoms with Crippen molar-refractivity contribution >= 4 is 5.97 Å². The molecule has 0 radical (unpaired) electrons. The highest BCUT2D eigenvalue weighted by Crippen LogP contribution is 2.26. The molecule has 0 aromatic rings. The summed E-state index contributed by atoms with van der Waals surface area (Å²) in [6.45, 7) is 2.54. The number of likely N-dealkylation sites (tertiary alicyclic amines) is 1. The van der Waals surface area contributed by atoms with E-state index in [0.717, 1.165) is 0 Å². The van der Waals surface area contributed by atoms with E-state index in [2.05, 4.69) is 0 Å². The molecule has 1 rings (SSSR count). The van der Waals surface area contributed by atoms with Gasteiger partial charge in [0.05, 0.1) is 0 Å². The molecule has 7 heteroatoms. The van der Waals surface area contributed by atoms with Crippen molar-refractivity contribution < 1.29 is 23.1 Å². The van der Waals surface area contributed by atoms with Crippen LogP contribution in [0.3, 0.4) is 0 Å². The number of halogens is 3. The fraction of sp³-hybridized carbons (Fsp3) is 0.909. The first-order valence-electron chi connectivity index (χ1n) is 5.97. The molecule has 1 aliphatic rings. The Hall–Kier alpha value is -0.820. The number of aliphatic carboxylic acids is 1. The molecule has 4 nitrogen and oxygen atoms in total. The quantitative estimate of drug-likeness (QED) is 0.794. The second-order valence-electron chi connectivity index (χ2n) is 5.04. The van der Waals surface area contributed by atoms with Crippen LogP contribution in [0.25, 0.3) is 0 Å². The second-order valence-corrected chi connectivity index (χ2v) is 5.04. The first-order valence-corrected chi connectivity index (χ1v) is 5.97. The lowest BCUT2D eigenvalue weighted by Gasteiger charge is -2.26. The van der Waals surface area contributed by atoms with Gasteiger partial charge in [0.2, 0.25) is 0 Å². The molecule has 2 unspecified atom stereocenters. The Bertz CT molecular complexity index is 309. The van der Waals surface area contributed by atoms with Gasteiger partial charge in [-0.3, -0.25) is 9.69 Å². The number of alkyl halides is 3. The molecule has 0 aliphatic carbocycles. The van der Waals surface area contributed by atoms with Crippen molar-refractivity contribution in [2.45, 2.75) is 50.4 Å². The van der Waals surface area contributed by atoms with E-state index in [1.807, 2.05) is 11.8 Å². The van der Waals surface area contributed by atoms with Crippen LogP contribution in [0.1, 0.15) is 32.6 Å². The van der Waals surface area contributed by atoms with Crippen molar-refractivity contribution in [3.8, 4) is 0 Å². The number of rotatable bonds is 5. The number of nitrogens with two attached hydrogens (primary N) is 1. The molecule has 18 heavy (non-hydrogen) atoms. The minimum absolute atomic E-state index is 0.0613. The van der Waals surface area contributed by atoms with Crippen LogP contribution in [0.2, 0.25) is 0 Å². The average molecular weight is 268 g/mol. The van der Waals surface area contributed by atoms with E-state index in [1.165, 1.54) is 0 Å². The number of carboxylic acids is 1. The maximum Gasteiger partial charge on any atom is 0.389 e. The molecule has 0 aromatic heterocycles. The third-order valence-electron chi connectivity index (χ3n) is 3.46. The van der Waals surface area contributed by atoms with Gasteiger partial charge in [0.1, 0.15) is 5.54 Å². The molecule has 1 heterocycles. The Morgan fingerprint density at radius 2 is 2.17 bits per heavy atom. The molecular formula is C11H19F3N2O2. The number of carbonyl (C=O) groups is 1. The molecule has 1 fully saturated rings. The van der Waals surface area contributed by atoms with Crippen LogP contribution in [0.15, 0.2) is 0 Å². The lowest BCUT2D eigenvalue weighted by atomic mass is 10.0. The standard InChI is InChI=1S/C11H19F3N2O2/c1-8(3-2-4-11(12,13)14)16-6-5-10(15,7-16)9(17)18/h8H,2-7,15H2,1H3,(H,17,18). The molecule has 0 spiro atoms. The average Bonchev–Trinajstić information content (AvgIpc) is 2.60. The fourth-order valence-corrected chi connectivity index (χ4v) is 2.19. The van der Waals surface area contributed by atoms with Crippen molar-refractivity contribution in [1.82, 2.24) is 4.90 Å². The van der Waals surface area contributed by atoms with Crippen LogP contribution in [0.4, 0.5) is 13.2 Å². The highest BCUT2D eigenvalue weighted by Gasteiger charge is 2.42. The van der Waals surface area contributed by atoms with Crippen molar-refractivity contribution in [1.29, 1.82) is 0 Å². The summed E-state index contributed by atoms with van der Waals surface area (Å²) in [4.78, 5) is 12.8. The highest BCUT2D eigenvalue weighted by molar-refractivity contribution is 5.79. The van der Waals surface area contributed by atoms with Gasteiger partial charge in [-0.1, -0.05) is 0 Å². The number of carboxylic acid groups (broad SMARTS) is 1. The summed E-state index contributed by atoms with van der Waals surface area (Å²) in [6, 6.07) is -0.0721. The van der Waals surface area contributed by atoms with Crippen LogP contribution in [-0.2, 0) is 4.79 Å². The van der Waals surface area contributed by atoms with Gasteiger partial charge < -0.3 is 10.8 Å². The van der Waals surface area contributed by atoms with Crippen molar-refractivity contribution in [2.24, 2.45) is 5.73 Å². The lowest BCUT2D eigenvalue weighted by molar-refractivity contribution is -0.142. The first-order chi connectivity index (χ1) is 8.14. The van der Waals surface area contributed by atoms with Gasteiger partial charge in [-0.25, -0.2) is 0 Å². The van der Waals surface area contributed by atoms with E-state index in [4.69, 9.17) is 10.8 Å².